The molecule has 0 aliphatic carbocycles. The number of amides is 1. The molecule has 1 aliphatic rings. The lowest BCUT2D eigenvalue weighted by Gasteiger charge is -2.15. The summed E-state index contributed by atoms with van der Waals surface area (Å²) in [5.74, 6) is 0.624. The van der Waals surface area contributed by atoms with Crippen LogP contribution in [-0.2, 0) is 11.2 Å². The molecule has 132 valence electrons. The number of aromatic nitrogens is 1. The summed E-state index contributed by atoms with van der Waals surface area (Å²) in [5, 5.41) is 2.97. The highest BCUT2D eigenvalue weighted by atomic mass is 35.5. The minimum absolute atomic E-state index is 0. The van der Waals surface area contributed by atoms with Gasteiger partial charge in [-0.05, 0) is 31.9 Å². The second kappa shape index (κ2) is 9.37. The van der Waals surface area contributed by atoms with Crippen molar-refractivity contribution in [2.24, 2.45) is 11.7 Å². The first kappa shape index (κ1) is 20.9. The fourth-order valence-electron chi connectivity index (χ4n) is 2.82. The molecular formula is C17H23Cl2N3OS. The average Bonchev–Trinajstić information content (AvgIpc) is 3.16. The number of carbonyl (C=O) groups excluding carboxylic acids is 1. The Morgan fingerprint density at radius 3 is 2.88 bits per heavy atom. The fraction of sp³-hybridized carbons (Fsp3) is 0.412. The van der Waals surface area contributed by atoms with E-state index in [1.807, 2.05) is 16.3 Å². The number of benzene rings is 1. The normalized spacial score (nSPS) is 16.4. The van der Waals surface area contributed by atoms with Crippen LogP contribution in [0.5, 0.6) is 0 Å². The van der Waals surface area contributed by atoms with E-state index in [9.17, 15) is 4.79 Å². The predicted molar refractivity (Wildman–Crippen MR) is 104 cm³/mol. The third kappa shape index (κ3) is 4.93. The van der Waals surface area contributed by atoms with Gasteiger partial charge in [0.2, 0.25) is 5.91 Å². The van der Waals surface area contributed by atoms with Gasteiger partial charge in [-0.25, -0.2) is 4.98 Å². The van der Waals surface area contributed by atoms with E-state index in [1.165, 1.54) is 5.56 Å². The molecule has 1 amide bonds. The number of halogens is 2. The largest absolute Gasteiger partial charge is 0.342 e. The third-order valence-electron chi connectivity index (χ3n) is 4.12. The molecule has 24 heavy (non-hydrogen) atoms. The predicted octanol–water partition coefficient (Wildman–Crippen LogP) is 3.31. The second-order valence-electron chi connectivity index (χ2n) is 5.92. The Labute approximate surface area is 159 Å². The zero-order chi connectivity index (χ0) is 15.5. The Hall–Kier alpha value is -1.14. The number of aryl methyl sites for hydroxylation is 1. The van der Waals surface area contributed by atoms with Crippen molar-refractivity contribution in [1.82, 2.24) is 9.88 Å². The number of hydrogen-bond donors (Lipinski definition) is 1. The van der Waals surface area contributed by atoms with Crippen LogP contribution in [0.15, 0.2) is 29.6 Å². The Morgan fingerprint density at radius 1 is 1.42 bits per heavy atom. The molecule has 2 N–H and O–H groups in total. The molecule has 7 heteroatoms. The highest BCUT2D eigenvalue weighted by Gasteiger charge is 2.25. The topological polar surface area (TPSA) is 59.2 Å². The van der Waals surface area contributed by atoms with Gasteiger partial charge in [0.1, 0.15) is 5.01 Å². The third-order valence-corrected chi connectivity index (χ3v) is 5.06. The molecule has 2 aromatic rings. The summed E-state index contributed by atoms with van der Waals surface area (Å²) in [7, 11) is 0. The molecule has 3 rings (SSSR count). The standard InChI is InChI=1S/C17H21N3OS.2ClH/c1-12-3-2-4-14(7-12)17-19-15(11-22-17)8-16(21)20-6-5-13(9-18)10-20;;/h2-4,7,11,13H,5-6,8-10,18H2,1H3;2*1H. The maximum absolute atomic E-state index is 12.3. The van der Waals surface area contributed by atoms with Crippen LogP contribution in [0.2, 0.25) is 0 Å². The smallest absolute Gasteiger partial charge is 0.228 e. The zero-order valence-electron chi connectivity index (χ0n) is 13.6. The van der Waals surface area contributed by atoms with E-state index in [0.717, 1.165) is 35.8 Å². The highest BCUT2D eigenvalue weighted by Crippen LogP contribution is 2.25. The van der Waals surface area contributed by atoms with Crippen LogP contribution in [0, 0.1) is 12.8 Å². The van der Waals surface area contributed by atoms with Crippen molar-refractivity contribution < 1.29 is 4.79 Å². The molecule has 1 saturated heterocycles. The lowest BCUT2D eigenvalue weighted by atomic mass is 10.1. The van der Waals surface area contributed by atoms with E-state index in [-0.39, 0.29) is 30.7 Å². The van der Waals surface area contributed by atoms with Crippen molar-refractivity contribution >= 4 is 42.1 Å². The monoisotopic (exact) mass is 387 g/mol. The van der Waals surface area contributed by atoms with Crippen molar-refractivity contribution in [2.75, 3.05) is 19.6 Å². The Bertz CT molecular complexity index is 677. The van der Waals surface area contributed by atoms with E-state index >= 15 is 0 Å². The molecular weight excluding hydrogens is 365 g/mol. The zero-order valence-corrected chi connectivity index (χ0v) is 16.1. The maximum atomic E-state index is 12.3. The fourth-order valence-corrected chi connectivity index (χ4v) is 3.63. The highest BCUT2D eigenvalue weighted by molar-refractivity contribution is 7.13. The molecule has 0 bridgehead atoms. The van der Waals surface area contributed by atoms with Gasteiger partial charge in [0.15, 0.2) is 0 Å². The van der Waals surface area contributed by atoms with Crippen molar-refractivity contribution in [3.63, 3.8) is 0 Å². The minimum Gasteiger partial charge on any atom is -0.342 e. The SMILES string of the molecule is Cc1cccc(-c2nc(CC(=O)N3CCC(CN)C3)cs2)c1.Cl.Cl. The van der Waals surface area contributed by atoms with Crippen LogP contribution in [0.4, 0.5) is 0 Å². The minimum atomic E-state index is 0. The summed E-state index contributed by atoms with van der Waals surface area (Å²) in [6.07, 6.45) is 1.41. The van der Waals surface area contributed by atoms with Gasteiger partial charge in [0, 0.05) is 24.0 Å². The van der Waals surface area contributed by atoms with Gasteiger partial charge >= 0.3 is 0 Å². The van der Waals surface area contributed by atoms with E-state index in [1.54, 1.807) is 11.3 Å². The Kier molecular flexibility index (Phi) is 8.16. The summed E-state index contributed by atoms with van der Waals surface area (Å²) in [4.78, 5) is 18.9. The average molecular weight is 388 g/mol. The first-order valence-electron chi connectivity index (χ1n) is 7.65. The molecule has 1 aliphatic heterocycles. The number of nitrogens with zero attached hydrogens (tertiary/aromatic N) is 2. The molecule has 1 unspecified atom stereocenters. The van der Waals surface area contributed by atoms with Crippen LogP contribution < -0.4 is 5.73 Å². The molecule has 0 saturated carbocycles. The molecule has 0 radical (unpaired) electrons. The van der Waals surface area contributed by atoms with Crippen LogP contribution in [0.1, 0.15) is 17.7 Å². The van der Waals surface area contributed by atoms with Crippen molar-refractivity contribution in [3.05, 3.63) is 40.9 Å². The van der Waals surface area contributed by atoms with Gasteiger partial charge in [-0.15, -0.1) is 36.2 Å². The molecule has 0 spiro atoms. The Morgan fingerprint density at radius 2 is 2.21 bits per heavy atom. The van der Waals surface area contributed by atoms with Gasteiger partial charge in [-0.1, -0.05) is 23.8 Å². The van der Waals surface area contributed by atoms with Crippen molar-refractivity contribution in [1.29, 1.82) is 0 Å². The summed E-state index contributed by atoms with van der Waals surface area (Å²) >= 11 is 1.60. The van der Waals surface area contributed by atoms with E-state index in [4.69, 9.17) is 5.73 Å². The number of rotatable bonds is 4. The van der Waals surface area contributed by atoms with Gasteiger partial charge in [0.05, 0.1) is 12.1 Å². The van der Waals surface area contributed by atoms with Gasteiger partial charge in [-0.3, -0.25) is 4.79 Å². The number of nitrogens with two attached hydrogens (primary N) is 1. The van der Waals surface area contributed by atoms with Gasteiger partial charge < -0.3 is 10.6 Å². The molecule has 1 aromatic heterocycles. The van der Waals surface area contributed by atoms with Gasteiger partial charge in [0.25, 0.3) is 0 Å². The van der Waals surface area contributed by atoms with E-state index < -0.39 is 0 Å². The number of thiazole rings is 1. The van der Waals surface area contributed by atoms with E-state index in [0.29, 0.717) is 18.9 Å². The van der Waals surface area contributed by atoms with Crippen LogP contribution >= 0.6 is 36.2 Å². The van der Waals surface area contributed by atoms with Crippen molar-refractivity contribution in [2.45, 2.75) is 19.8 Å². The van der Waals surface area contributed by atoms with Crippen LogP contribution in [-0.4, -0.2) is 35.4 Å². The Balaban J connectivity index is 0.00000144. The first-order valence-corrected chi connectivity index (χ1v) is 8.53. The summed E-state index contributed by atoms with van der Waals surface area (Å²) in [6, 6.07) is 8.29. The number of carbonyl (C=O) groups is 1. The second-order valence-corrected chi connectivity index (χ2v) is 6.78. The molecule has 2 heterocycles. The lowest BCUT2D eigenvalue weighted by Crippen LogP contribution is -2.31. The summed E-state index contributed by atoms with van der Waals surface area (Å²) in [6.45, 7) is 4.36. The van der Waals surface area contributed by atoms with Gasteiger partial charge in [-0.2, -0.15) is 0 Å². The first-order chi connectivity index (χ1) is 10.7. The number of hydrogen-bond acceptors (Lipinski definition) is 4. The molecule has 1 aromatic carbocycles. The quantitative estimate of drug-likeness (QED) is 0.874. The molecule has 1 atom stereocenters. The maximum Gasteiger partial charge on any atom is 0.228 e. The van der Waals surface area contributed by atoms with Crippen LogP contribution in [0.25, 0.3) is 10.6 Å². The molecule has 4 nitrogen and oxygen atoms in total. The van der Waals surface area contributed by atoms with Crippen LogP contribution in [0.3, 0.4) is 0 Å². The number of likely N-dealkylation sites (tertiary alicyclic amines) is 1. The van der Waals surface area contributed by atoms with E-state index in [2.05, 4.69) is 30.1 Å². The molecule has 1 fully saturated rings. The lowest BCUT2D eigenvalue weighted by molar-refractivity contribution is -0.129. The summed E-state index contributed by atoms with van der Waals surface area (Å²) in [5.41, 5.74) is 8.88. The van der Waals surface area contributed by atoms with Crippen molar-refractivity contribution in [3.8, 4) is 10.6 Å². The summed E-state index contributed by atoms with van der Waals surface area (Å²) < 4.78 is 0.